The van der Waals surface area contributed by atoms with Crippen LogP contribution in [-0.4, -0.2) is 19.6 Å². The van der Waals surface area contributed by atoms with Gasteiger partial charge < -0.3 is 15.8 Å². The number of ether oxygens (including phenoxy) is 1. The van der Waals surface area contributed by atoms with Gasteiger partial charge in [0, 0.05) is 18.2 Å². The van der Waals surface area contributed by atoms with Crippen LogP contribution in [0.4, 0.5) is 10.1 Å². The maximum atomic E-state index is 13.4. The zero-order valence-corrected chi connectivity index (χ0v) is 10.9. The van der Waals surface area contributed by atoms with Gasteiger partial charge in [-0.2, -0.15) is 0 Å². The fraction of sp³-hybridized carbons (Fsp3) is 0.462. The molecule has 0 radical (unpaired) electrons. The van der Waals surface area contributed by atoms with E-state index in [0.717, 1.165) is 0 Å². The third-order valence-electron chi connectivity index (χ3n) is 2.63. The number of amides is 1. The van der Waals surface area contributed by atoms with E-state index in [-0.39, 0.29) is 23.5 Å². The second-order valence-electron chi connectivity index (χ2n) is 4.94. The summed E-state index contributed by atoms with van der Waals surface area (Å²) in [5.41, 5.74) is 5.69. The smallest absolute Gasteiger partial charge is 0.224 e. The molecule has 0 saturated carbocycles. The van der Waals surface area contributed by atoms with Crippen molar-refractivity contribution in [2.75, 3.05) is 19.0 Å². The number of anilines is 1. The number of carbonyl (C=O) groups is 1. The van der Waals surface area contributed by atoms with Crippen molar-refractivity contribution in [2.24, 2.45) is 11.1 Å². The highest BCUT2D eigenvalue weighted by Crippen LogP contribution is 2.22. The van der Waals surface area contributed by atoms with Gasteiger partial charge in [-0.05, 0) is 24.1 Å². The van der Waals surface area contributed by atoms with Gasteiger partial charge in [-0.25, -0.2) is 4.39 Å². The molecule has 3 N–H and O–H groups in total. The van der Waals surface area contributed by atoms with E-state index < -0.39 is 5.82 Å². The van der Waals surface area contributed by atoms with Crippen LogP contribution in [0.3, 0.4) is 0 Å². The number of methoxy groups -OCH3 is 1. The minimum absolute atomic E-state index is 0.148. The van der Waals surface area contributed by atoms with Crippen LogP contribution >= 0.6 is 0 Å². The van der Waals surface area contributed by atoms with Crippen molar-refractivity contribution >= 4 is 11.6 Å². The summed E-state index contributed by atoms with van der Waals surface area (Å²) in [6.45, 7) is 4.22. The number of halogens is 1. The Kier molecular flexibility index (Phi) is 4.67. The van der Waals surface area contributed by atoms with E-state index in [4.69, 9.17) is 10.5 Å². The average Bonchev–Trinajstić information content (AvgIpc) is 2.28. The molecule has 1 aromatic rings. The Labute approximate surface area is 106 Å². The van der Waals surface area contributed by atoms with Crippen molar-refractivity contribution in [3.63, 3.8) is 0 Å². The maximum absolute atomic E-state index is 13.4. The summed E-state index contributed by atoms with van der Waals surface area (Å²) in [6, 6.07) is 4.29. The van der Waals surface area contributed by atoms with Crippen LogP contribution in [0.15, 0.2) is 18.2 Å². The van der Waals surface area contributed by atoms with Gasteiger partial charge in [-0.1, -0.05) is 13.8 Å². The molecular formula is C13H19FN2O2. The predicted octanol–water partition coefficient (Wildman–Crippen LogP) is 2.15. The van der Waals surface area contributed by atoms with Crippen molar-refractivity contribution in [3.05, 3.63) is 24.0 Å². The Morgan fingerprint density at radius 3 is 2.67 bits per heavy atom. The van der Waals surface area contributed by atoms with Gasteiger partial charge in [0.05, 0.1) is 7.11 Å². The SMILES string of the molecule is COc1ccc(NC(=O)CC(C)(C)CN)cc1F. The Balaban J connectivity index is 2.68. The van der Waals surface area contributed by atoms with Crippen molar-refractivity contribution in [2.45, 2.75) is 20.3 Å². The maximum Gasteiger partial charge on any atom is 0.224 e. The second kappa shape index (κ2) is 5.82. The molecule has 4 nitrogen and oxygen atoms in total. The molecular weight excluding hydrogens is 235 g/mol. The lowest BCUT2D eigenvalue weighted by Gasteiger charge is -2.21. The van der Waals surface area contributed by atoms with Crippen molar-refractivity contribution < 1.29 is 13.9 Å². The van der Waals surface area contributed by atoms with E-state index in [1.807, 2.05) is 13.8 Å². The molecule has 18 heavy (non-hydrogen) atoms. The zero-order chi connectivity index (χ0) is 13.8. The highest BCUT2D eigenvalue weighted by Gasteiger charge is 2.20. The van der Waals surface area contributed by atoms with Gasteiger partial charge in [0.15, 0.2) is 11.6 Å². The molecule has 5 heteroatoms. The number of carbonyl (C=O) groups excluding carboxylic acids is 1. The minimum atomic E-state index is -0.506. The summed E-state index contributed by atoms with van der Waals surface area (Å²) in [5, 5.41) is 2.63. The quantitative estimate of drug-likeness (QED) is 0.846. The second-order valence-corrected chi connectivity index (χ2v) is 4.94. The Bertz CT molecular complexity index is 433. The Hall–Kier alpha value is -1.62. The van der Waals surface area contributed by atoms with E-state index in [9.17, 15) is 9.18 Å². The summed E-state index contributed by atoms with van der Waals surface area (Å²) in [6.07, 6.45) is 0.289. The number of nitrogens with two attached hydrogens (primary N) is 1. The molecule has 0 spiro atoms. The van der Waals surface area contributed by atoms with Crippen LogP contribution in [0.2, 0.25) is 0 Å². The monoisotopic (exact) mass is 254 g/mol. The normalized spacial score (nSPS) is 11.2. The number of rotatable bonds is 5. The molecule has 0 aliphatic carbocycles. The fourth-order valence-corrected chi connectivity index (χ4v) is 1.46. The van der Waals surface area contributed by atoms with E-state index in [1.54, 1.807) is 6.07 Å². The summed E-state index contributed by atoms with van der Waals surface area (Å²) in [5.74, 6) is -0.543. The van der Waals surface area contributed by atoms with Gasteiger partial charge in [0.25, 0.3) is 0 Å². The molecule has 1 amide bonds. The van der Waals surface area contributed by atoms with Gasteiger partial charge in [-0.3, -0.25) is 4.79 Å². The number of nitrogens with one attached hydrogen (secondary N) is 1. The first-order chi connectivity index (χ1) is 8.38. The number of hydrogen-bond donors (Lipinski definition) is 2. The van der Waals surface area contributed by atoms with Gasteiger partial charge in [0.2, 0.25) is 5.91 Å². The summed E-state index contributed by atoms with van der Waals surface area (Å²) >= 11 is 0. The van der Waals surface area contributed by atoms with Gasteiger partial charge >= 0.3 is 0 Å². The van der Waals surface area contributed by atoms with Crippen molar-refractivity contribution in [1.29, 1.82) is 0 Å². The molecule has 0 aliphatic rings. The van der Waals surface area contributed by atoms with E-state index in [2.05, 4.69) is 5.32 Å². The first kappa shape index (κ1) is 14.4. The topological polar surface area (TPSA) is 64.3 Å². The Morgan fingerprint density at radius 2 is 2.17 bits per heavy atom. The van der Waals surface area contributed by atoms with Crippen molar-refractivity contribution in [3.8, 4) is 5.75 Å². The van der Waals surface area contributed by atoms with Crippen LogP contribution in [0.1, 0.15) is 20.3 Å². The third kappa shape index (κ3) is 4.00. The molecule has 100 valence electrons. The fourth-order valence-electron chi connectivity index (χ4n) is 1.46. The molecule has 0 bridgehead atoms. The first-order valence-electron chi connectivity index (χ1n) is 5.71. The Morgan fingerprint density at radius 1 is 1.50 bits per heavy atom. The van der Waals surface area contributed by atoms with E-state index in [0.29, 0.717) is 12.2 Å². The third-order valence-corrected chi connectivity index (χ3v) is 2.63. The van der Waals surface area contributed by atoms with Crippen LogP contribution in [0.25, 0.3) is 0 Å². The molecule has 0 aromatic heterocycles. The number of hydrogen-bond acceptors (Lipinski definition) is 3. The predicted molar refractivity (Wildman–Crippen MR) is 69.0 cm³/mol. The first-order valence-corrected chi connectivity index (χ1v) is 5.71. The lowest BCUT2D eigenvalue weighted by Crippen LogP contribution is -2.29. The number of benzene rings is 1. The average molecular weight is 254 g/mol. The van der Waals surface area contributed by atoms with Crippen LogP contribution < -0.4 is 15.8 Å². The summed E-state index contributed by atoms with van der Waals surface area (Å²) < 4.78 is 18.2. The zero-order valence-electron chi connectivity index (χ0n) is 10.9. The highest BCUT2D eigenvalue weighted by atomic mass is 19.1. The molecule has 1 rings (SSSR count). The standard InChI is InChI=1S/C13H19FN2O2/c1-13(2,8-15)7-12(17)16-9-4-5-11(18-3)10(14)6-9/h4-6H,7-8,15H2,1-3H3,(H,16,17). The molecule has 0 saturated heterocycles. The lowest BCUT2D eigenvalue weighted by molar-refractivity contribution is -0.117. The van der Waals surface area contributed by atoms with E-state index in [1.165, 1.54) is 19.2 Å². The molecule has 1 aromatic carbocycles. The molecule has 0 fully saturated rings. The molecule has 0 unspecified atom stereocenters. The molecule has 0 atom stereocenters. The van der Waals surface area contributed by atoms with Crippen molar-refractivity contribution in [1.82, 2.24) is 0 Å². The summed E-state index contributed by atoms with van der Waals surface area (Å²) in [4.78, 5) is 11.7. The van der Waals surface area contributed by atoms with Gasteiger partial charge in [-0.15, -0.1) is 0 Å². The van der Waals surface area contributed by atoms with E-state index >= 15 is 0 Å². The lowest BCUT2D eigenvalue weighted by atomic mass is 9.89. The van der Waals surface area contributed by atoms with Crippen LogP contribution in [-0.2, 0) is 4.79 Å². The molecule has 0 aliphatic heterocycles. The molecule has 0 heterocycles. The summed E-state index contributed by atoms with van der Waals surface area (Å²) in [7, 11) is 1.39. The highest BCUT2D eigenvalue weighted by molar-refractivity contribution is 5.91. The van der Waals surface area contributed by atoms with Crippen LogP contribution in [0, 0.1) is 11.2 Å². The minimum Gasteiger partial charge on any atom is -0.494 e. The largest absolute Gasteiger partial charge is 0.494 e. The van der Waals surface area contributed by atoms with Gasteiger partial charge in [0.1, 0.15) is 0 Å². The van der Waals surface area contributed by atoms with Crippen LogP contribution in [0.5, 0.6) is 5.75 Å².